The molecule has 5 rings (SSSR count). The molecule has 1 aliphatic heterocycles. The Kier molecular flexibility index (Phi) is 5.86. The number of rotatable bonds is 6. The van der Waals surface area contributed by atoms with Gasteiger partial charge < -0.3 is 20.6 Å². The van der Waals surface area contributed by atoms with Crippen LogP contribution in [0.4, 0.5) is 5.69 Å². The fraction of sp³-hybridized carbons (Fsp3) is 0.125. The third-order valence-corrected chi connectivity index (χ3v) is 6.04. The quantitative estimate of drug-likeness (QED) is 0.333. The number of amides is 1. The Morgan fingerprint density at radius 3 is 2.45 bits per heavy atom. The Bertz CT molecular complexity index is 1260. The highest BCUT2D eigenvalue weighted by atomic mass is 32.2. The molecule has 2 heterocycles. The van der Waals surface area contributed by atoms with E-state index in [2.05, 4.69) is 15.5 Å². The molecule has 9 heteroatoms. The number of hydrogen-bond donors (Lipinski definition) is 2. The molecule has 1 amide bonds. The second kappa shape index (κ2) is 9.25. The average molecular weight is 460 g/mol. The molecule has 0 aliphatic carbocycles. The summed E-state index contributed by atoms with van der Waals surface area (Å²) in [4.78, 5) is 12.4. The summed E-state index contributed by atoms with van der Waals surface area (Å²) in [7, 11) is 0. The molecule has 166 valence electrons. The van der Waals surface area contributed by atoms with Crippen molar-refractivity contribution in [2.45, 2.75) is 11.3 Å². The summed E-state index contributed by atoms with van der Waals surface area (Å²) >= 11 is 1.20. The van der Waals surface area contributed by atoms with Crippen LogP contribution < -0.4 is 20.6 Å². The van der Waals surface area contributed by atoms with Crippen molar-refractivity contribution in [1.29, 1.82) is 0 Å². The third kappa shape index (κ3) is 4.63. The molecule has 0 saturated carbocycles. The monoisotopic (exact) mass is 459 g/mol. The molecular formula is C24H21N5O3S. The van der Waals surface area contributed by atoms with E-state index in [0.29, 0.717) is 22.5 Å². The SMILES string of the molecule is Nn1c(SCC(=O)Nc2ccc(-c3ccccc3)cc2)nnc1C1COc2ccccc2O1. The number of nitrogens with one attached hydrogen (secondary N) is 1. The van der Waals surface area contributed by atoms with Crippen LogP contribution in [0.25, 0.3) is 11.1 Å². The van der Waals surface area contributed by atoms with Crippen molar-refractivity contribution in [1.82, 2.24) is 14.9 Å². The van der Waals surface area contributed by atoms with Crippen molar-refractivity contribution in [2.24, 2.45) is 0 Å². The number of ether oxygens (including phenoxy) is 2. The molecule has 3 N–H and O–H groups in total. The Labute approximate surface area is 194 Å². The topological polar surface area (TPSA) is 104 Å². The van der Waals surface area contributed by atoms with E-state index in [1.165, 1.54) is 16.4 Å². The molecule has 4 aromatic rings. The molecule has 1 unspecified atom stereocenters. The predicted octanol–water partition coefficient (Wildman–Crippen LogP) is 3.90. The molecule has 1 aromatic heterocycles. The summed E-state index contributed by atoms with van der Waals surface area (Å²) in [6, 6.07) is 25.2. The van der Waals surface area contributed by atoms with Gasteiger partial charge in [-0.2, -0.15) is 0 Å². The Hall–Kier alpha value is -3.98. The number of nitrogen functional groups attached to an aromatic ring is 1. The van der Waals surface area contributed by atoms with Crippen LogP contribution >= 0.6 is 11.8 Å². The number of anilines is 1. The van der Waals surface area contributed by atoms with Gasteiger partial charge in [-0.3, -0.25) is 4.79 Å². The van der Waals surface area contributed by atoms with Crippen molar-refractivity contribution in [3.8, 4) is 22.6 Å². The molecule has 8 nitrogen and oxygen atoms in total. The second-order valence-corrected chi connectivity index (χ2v) is 8.30. The van der Waals surface area contributed by atoms with Crippen LogP contribution in [0.3, 0.4) is 0 Å². The van der Waals surface area contributed by atoms with Crippen molar-refractivity contribution in [3.05, 3.63) is 84.7 Å². The highest BCUT2D eigenvalue weighted by Crippen LogP contribution is 2.35. The van der Waals surface area contributed by atoms with Crippen LogP contribution in [-0.2, 0) is 4.79 Å². The lowest BCUT2D eigenvalue weighted by atomic mass is 10.1. The molecule has 0 saturated heterocycles. The Morgan fingerprint density at radius 1 is 0.970 bits per heavy atom. The number of hydrogen-bond acceptors (Lipinski definition) is 7. The summed E-state index contributed by atoms with van der Waals surface area (Å²) < 4.78 is 13.0. The maximum atomic E-state index is 12.4. The molecule has 0 bridgehead atoms. The van der Waals surface area contributed by atoms with Crippen LogP contribution in [0, 0.1) is 0 Å². The molecule has 0 spiro atoms. The minimum Gasteiger partial charge on any atom is -0.485 e. The lowest BCUT2D eigenvalue weighted by Gasteiger charge is -2.25. The van der Waals surface area contributed by atoms with Gasteiger partial charge in [0.25, 0.3) is 0 Å². The van der Waals surface area contributed by atoms with Gasteiger partial charge in [-0.05, 0) is 35.4 Å². The van der Waals surface area contributed by atoms with Gasteiger partial charge in [-0.15, -0.1) is 10.2 Å². The number of nitrogens with zero attached hydrogens (tertiary/aromatic N) is 3. The second-order valence-electron chi connectivity index (χ2n) is 7.36. The lowest BCUT2D eigenvalue weighted by Crippen LogP contribution is -2.27. The fourth-order valence-electron chi connectivity index (χ4n) is 3.46. The van der Waals surface area contributed by atoms with Crippen LogP contribution in [0.1, 0.15) is 11.9 Å². The predicted molar refractivity (Wildman–Crippen MR) is 127 cm³/mol. The highest BCUT2D eigenvalue weighted by Gasteiger charge is 2.28. The van der Waals surface area contributed by atoms with E-state index in [4.69, 9.17) is 15.3 Å². The number of carbonyl (C=O) groups excluding carboxylic acids is 1. The summed E-state index contributed by atoms with van der Waals surface area (Å²) in [5.41, 5.74) is 2.93. The van der Waals surface area contributed by atoms with Gasteiger partial charge >= 0.3 is 0 Å². The maximum absolute atomic E-state index is 12.4. The molecule has 3 aromatic carbocycles. The van der Waals surface area contributed by atoms with E-state index in [-0.39, 0.29) is 18.3 Å². The first kappa shape index (κ1) is 20.9. The van der Waals surface area contributed by atoms with Gasteiger partial charge in [0.05, 0.1) is 5.75 Å². The van der Waals surface area contributed by atoms with E-state index in [1.807, 2.05) is 78.9 Å². The lowest BCUT2D eigenvalue weighted by molar-refractivity contribution is -0.113. The van der Waals surface area contributed by atoms with Crippen molar-refractivity contribution in [2.75, 3.05) is 23.5 Å². The van der Waals surface area contributed by atoms with Gasteiger partial charge in [0.15, 0.2) is 23.4 Å². The molecule has 1 atom stereocenters. The van der Waals surface area contributed by atoms with Crippen LogP contribution in [0.15, 0.2) is 84.0 Å². The standard InChI is InChI=1S/C24H21N5O3S/c25-29-23(21-14-31-19-8-4-5-9-20(19)32-21)27-28-24(29)33-15-22(30)26-18-12-10-17(11-13-18)16-6-2-1-3-7-16/h1-13,21H,14-15,25H2,(H,26,30). The Balaban J connectivity index is 1.17. The van der Waals surface area contributed by atoms with Gasteiger partial charge in [0.1, 0.15) is 6.61 Å². The Morgan fingerprint density at radius 2 is 1.67 bits per heavy atom. The van der Waals surface area contributed by atoms with Gasteiger partial charge in [0, 0.05) is 5.69 Å². The van der Waals surface area contributed by atoms with E-state index in [9.17, 15) is 4.79 Å². The number of fused-ring (bicyclic) bond motifs is 1. The van der Waals surface area contributed by atoms with Crippen LogP contribution in [0.2, 0.25) is 0 Å². The molecule has 0 radical (unpaired) electrons. The first-order valence-electron chi connectivity index (χ1n) is 10.3. The number of para-hydroxylation sites is 2. The highest BCUT2D eigenvalue weighted by molar-refractivity contribution is 7.99. The van der Waals surface area contributed by atoms with Crippen molar-refractivity contribution >= 4 is 23.4 Å². The van der Waals surface area contributed by atoms with E-state index >= 15 is 0 Å². The molecule has 0 fully saturated rings. The van der Waals surface area contributed by atoms with Crippen molar-refractivity contribution < 1.29 is 14.3 Å². The third-order valence-electron chi connectivity index (χ3n) is 5.10. The van der Waals surface area contributed by atoms with Crippen LogP contribution in [0.5, 0.6) is 11.5 Å². The number of thioether (sulfide) groups is 1. The summed E-state index contributed by atoms with van der Waals surface area (Å²) in [5, 5.41) is 11.6. The zero-order valence-electron chi connectivity index (χ0n) is 17.5. The summed E-state index contributed by atoms with van der Waals surface area (Å²) in [6.45, 7) is 0.274. The first-order valence-corrected chi connectivity index (χ1v) is 11.3. The zero-order chi connectivity index (χ0) is 22.6. The minimum absolute atomic E-state index is 0.140. The maximum Gasteiger partial charge on any atom is 0.234 e. The zero-order valence-corrected chi connectivity index (χ0v) is 18.4. The van der Waals surface area contributed by atoms with Gasteiger partial charge in [-0.25, -0.2) is 4.68 Å². The average Bonchev–Trinajstić information content (AvgIpc) is 3.23. The van der Waals surface area contributed by atoms with Crippen LogP contribution in [-0.4, -0.2) is 33.1 Å². The summed E-state index contributed by atoms with van der Waals surface area (Å²) in [5.74, 6) is 7.89. The van der Waals surface area contributed by atoms with E-state index < -0.39 is 6.10 Å². The molecular weight excluding hydrogens is 438 g/mol. The van der Waals surface area contributed by atoms with E-state index in [1.54, 1.807) is 0 Å². The number of nitrogens with two attached hydrogens (primary N) is 1. The number of aromatic nitrogens is 3. The number of carbonyl (C=O) groups is 1. The largest absolute Gasteiger partial charge is 0.485 e. The molecule has 33 heavy (non-hydrogen) atoms. The van der Waals surface area contributed by atoms with Gasteiger partial charge in [-0.1, -0.05) is 66.4 Å². The molecule has 1 aliphatic rings. The summed E-state index contributed by atoms with van der Waals surface area (Å²) in [6.07, 6.45) is -0.483. The minimum atomic E-state index is -0.483. The number of benzene rings is 3. The fourth-order valence-corrected chi connectivity index (χ4v) is 4.12. The van der Waals surface area contributed by atoms with Crippen molar-refractivity contribution in [3.63, 3.8) is 0 Å². The first-order chi connectivity index (χ1) is 16.2. The smallest absolute Gasteiger partial charge is 0.234 e. The normalized spacial score (nSPS) is 14.6. The van der Waals surface area contributed by atoms with Gasteiger partial charge in [0.2, 0.25) is 11.1 Å². The van der Waals surface area contributed by atoms with E-state index in [0.717, 1.165) is 16.8 Å².